The minimum absolute atomic E-state index is 0.0235. The third kappa shape index (κ3) is 19.2. The van der Waals surface area contributed by atoms with Crippen LogP contribution in [-0.2, 0) is 9.22 Å². The van der Waals surface area contributed by atoms with Gasteiger partial charge in [-0.2, -0.15) is 0 Å². The smallest absolute Gasteiger partial charge is 0.293 e. The normalized spacial score (nSPS) is 11.7. The summed E-state index contributed by atoms with van der Waals surface area (Å²) in [5.74, 6) is 0.360. The van der Waals surface area contributed by atoms with Gasteiger partial charge in [0.25, 0.3) is 14.3 Å². The first-order valence-electron chi connectivity index (χ1n) is 13.9. The molecule has 0 spiro atoms. The van der Waals surface area contributed by atoms with Crippen LogP contribution in [0.2, 0.25) is 18.1 Å². The molecule has 0 fully saturated rings. The molecule has 0 rings (SSSR count). The van der Waals surface area contributed by atoms with Gasteiger partial charge >= 0.3 is 0 Å². The summed E-state index contributed by atoms with van der Waals surface area (Å²) >= 11 is 5.87. The van der Waals surface area contributed by atoms with Crippen LogP contribution in [0, 0.1) is 0 Å². The third-order valence-corrected chi connectivity index (χ3v) is 11.2. The molecular formula is C27H55ClO2Si. The van der Waals surface area contributed by atoms with Gasteiger partial charge in [0.2, 0.25) is 0 Å². The fourth-order valence-electron chi connectivity index (χ4n) is 4.58. The Hall–Kier alpha value is -0.0231. The van der Waals surface area contributed by atoms with E-state index >= 15 is 0 Å². The quantitative estimate of drug-likeness (QED) is 0.0789. The Morgan fingerprint density at radius 3 is 1.23 bits per heavy atom. The van der Waals surface area contributed by atoms with Crippen molar-refractivity contribution in [2.24, 2.45) is 0 Å². The third-order valence-electron chi connectivity index (χ3n) is 6.59. The standard InChI is InChI=1S/C27H55ClO2Si/c1-4-7-10-13-16-19-24-31(30-27(29)22-23-28,25-20-17-14-11-8-5-2)26-21-18-15-12-9-6-3/h4-26H2,1-3H3. The summed E-state index contributed by atoms with van der Waals surface area (Å²) in [6.45, 7) is 6.82. The molecule has 0 atom stereocenters. The maximum Gasteiger partial charge on any atom is 0.293 e. The first-order chi connectivity index (χ1) is 15.1. The number of unbranched alkanes of at least 4 members (excludes halogenated alkanes) is 15. The van der Waals surface area contributed by atoms with Gasteiger partial charge in [0.15, 0.2) is 0 Å². The van der Waals surface area contributed by atoms with Gasteiger partial charge in [0.1, 0.15) is 0 Å². The van der Waals surface area contributed by atoms with Crippen molar-refractivity contribution in [2.75, 3.05) is 5.88 Å². The lowest BCUT2D eigenvalue weighted by atomic mass is 10.1. The van der Waals surface area contributed by atoms with Crippen molar-refractivity contribution < 1.29 is 9.22 Å². The van der Waals surface area contributed by atoms with Crippen LogP contribution in [0.15, 0.2) is 0 Å². The van der Waals surface area contributed by atoms with E-state index in [0.717, 1.165) is 0 Å². The number of carbonyl (C=O) groups is 1. The largest absolute Gasteiger partial charge is 0.519 e. The van der Waals surface area contributed by atoms with Gasteiger partial charge in [-0.05, 0) is 18.1 Å². The molecule has 0 aliphatic rings. The van der Waals surface area contributed by atoms with E-state index in [4.69, 9.17) is 16.0 Å². The molecule has 0 aromatic rings. The Morgan fingerprint density at radius 1 is 0.581 bits per heavy atom. The van der Waals surface area contributed by atoms with Gasteiger partial charge in [-0.15, -0.1) is 11.6 Å². The summed E-state index contributed by atoms with van der Waals surface area (Å²) in [5, 5.41) is 0. The minimum Gasteiger partial charge on any atom is -0.519 e. The highest BCUT2D eigenvalue weighted by molar-refractivity contribution is 6.75. The van der Waals surface area contributed by atoms with Crippen molar-refractivity contribution in [3.8, 4) is 0 Å². The fourth-order valence-corrected chi connectivity index (χ4v) is 9.06. The van der Waals surface area contributed by atoms with E-state index in [-0.39, 0.29) is 5.97 Å². The van der Waals surface area contributed by atoms with Crippen molar-refractivity contribution in [3.05, 3.63) is 0 Å². The Morgan fingerprint density at radius 2 is 0.903 bits per heavy atom. The van der Waals surface area contributed by atoms with Gasteiger partial charge < -0.3 is 4.43 Å². The van der Waals surface area contributed by atoms with E-state index in [0.29, 0.717) is 12.3 Å². The number of hydrogen-bond donors (Lipinski definition) is 0. The molecule has 0 aromatic carbocycles. The zero-order valence-electron chi connectivity index (χ0n) is 21.5. The molecular weight excluding hydrogens is 420 g/mol. The predicted octanol–water partition coefficient (Wildman–Crippen LogP) is 10.2. The Labute approximate surface area is 201 Å². The predicted molar refractivity (Wildman–Crippen MR) is 142 cm³/mol. The molecule has 0 saturated carbocycles. The molecule has 0 saturated heterocycles. The van der Waals surface area contributed by atoms with E-state index < -0.39 is 8.32 Å². The van der Waals surface area contributed by atoms with Crippen LogP contribution in [0.4, 0.5) is 0 Å². The van der Waals surface area contributed by atoms with Crippen LogP contribution >= 0.6 is 11.6 Å². The number of rotatable bonds is 24. The van der Waals surface area contributed by atoms with Crippen LogP contribution in [0.3, 0.4) is 0 Å². The molecule has 0 heterocycles. The van der Waals surface area contributed by atoms with E-state index in [2.05, 4.69) is 20.8 Å². The van der Waals surface area contributed by atoms with Crippen LogP contribution < -0.4 is 0 Å². The molecule has 186 valence electrons. The van der Waals surface area contributed by atoms with E-state index in [9.17, 15) is 4.79 Å². The Kier molecular flexibility index (Phi) is 23.1. The molecule has 0 amide bonds. The number of carbonyl (C=O) groups excluding carboxylic acids is 1. The summed E-state index contributed by atoms with van der Waals surface area (Å²) in [6, 6.07) is 3.53. The highest BCUT2D eigenvalue weighted by atomic mass is 35.5. The lowest BCUT2D eigenvalue weighted by Crippen LogP contribution is -2.40. The van der Waals surface area contributed by atoms with Gasteiger partial charge in [-0.3, -0.25) is 4.79 Å². The second-order valence-electron chi connectivity index (χ2n) is 9.65. The summed E-state index contributed by atoms with van der Waals surface area (Å²) in [4.78, 5) is 12.5. The highest BCUT2D eigenvalue weighted by Crippen LogP contribution is 2.31. The van der Waals surface area contributed by atoms with Crippen molar-refractivity contribution in [1.82, 2.24) is 0 Å². The molecule has 2 nitrogen and oxygen atoms in total. The van der Waals surface area contributed by atoms with Gasteiger partial charge in [-0.1, -0.05) is 136 Å². The molecule has 0 bridgehead atoms. The molecule has 0 radical (unpaired) electrons. The fraction of sp³-hybridized carbons (Fsp3) is 0.963. The summed E-state index contributed by atoms with van der Waals surface area (Å²) < 4.78 is 6.38. The lowest BCUT2D eigenvalue weighted by Gasteiger charge is -2.32. The van der Waals surface area contributed by atoms with Crippen LogP contribution in [0.25, 0.3) is 0 Å². The molecule has 0 unspecified atom stereocenters. The first-order valence-corrected chi connectivity index (χ1v) is 17.0. The number of hydrogen-bond acceptors (Lipinski definition) is 2. The van der Waals surface area contributed by atoms with Crippen molar-refractivity contribution in [1.29, 1.82) is 0 Å². The van der Waals surface area contributed by atoms with Crippen molar-refractivity contribution >= 4 is 25.9 Å². The lowest BCUT2D eigenvalue weighted by molar-refractivity contribution is -0.134. The molecule has 0 aliphatic heterocycles. The molecule has 0 N–H and O–H groups in total. The van der Waals surface area contributed by atoms with Crippen molar-refractivity contribution in [2.45, 2.75) is 161 Å². The van der Waals surface area contributed by atoms with Crippen LogP contribution in [0.1, 0.15) is 143 Å². The molecule has 0 aromatic heterocycles. The average Bonchev–Trinajstić information content (AvgIpc) is 2.75. The maximum atomic E-state index is 12.5. The van der Waals surface area contributed by atoms with Crippen LogP contribution in [0.5, 0.6) is 0 Å². The van der Waals surface area contributed by atoms with Crippen LogP contribution in [-0.4, -0.2) is 20.2 Å². The maximum absolute atomic E-state index is 12.5. The van der Waals surface area contributed by atoms with Gasteiger partial charge in [0.05, 0.1) is 6.42 Å². The zero-order valence-corrected chi connectivity index (χ0v) is 23.2. The molecule has 4 heteroatoms. The second kappa shape index (κ2) is 23.1. The average molecular weight is 475 g/mol. The van der Waals surface area contributed by atoms with Gasteiger partial charge in [-0.25, -0.2) is 0 Å². The molecule has 31 heavy (non-hydrogen) atoms. The summed E-state index contributed by atoms with van der Waals surface area (Å²) in [6.07, 6.45) is 24.0. The summed E-state index contributed by atoms with van der Waals surface area (Å²) in [5.41, 5.74) is 0. The van der Waals surface area contributed by atoms with Crippen molar-refractivity contribution in [3.63, 3.8) is 0 Å². The number of halogens is 1. The van der Waals surface area contributed by atoms with Gasteiger partial charge in [0, 0.05) is 5.88 Å². The molecule has 0 aliphatic carbocycles. The topological polar surface area (TPSA) is 26.3 Å². The van der Waals surface area contributed by atoms with E-state index in [1.807, 2.05) is 0 Å². The highest BCUT2D eigenvalue weighted by Gasteiger charge is 2.36. The van der Waals surface area contributed by atoms with E-state index in [1.54, 1.807) is 0 Å². The Balaban J connectivity index is 4.82. The minimum atomic E-state index is -2.01. The first kappa shape index (κ1) is 31.0. The Bertz CT molecular complexity index is 349. The second-order valence-corrected chi connectivity index (χ2v) is 14.1. The zero-order chi connectivity index (χ0) is 23.0. The monoisotopic (exact) mass is 474 g/mol. The van der Waals surface area contributed by atoms with E-state index in [1.165, 1.54) is 134 Å². The summed E-state index contributed by atoms with van der Waals surface area (Å²) in [7, 11) is -2.01. The SMILES string of the molecule is CCCCCCCC[Si](CCCCCCCC)(CCCCCCCC)OC(=O)CCCl. The number of alkyl halides is 1.